The third-order valence-electron chi connectivity index (χ3n) is 5.20. The Bertz CT molecular complexity index is 825. The molecule has 1 aliphatic carbocycles. The molecule has 7 heteroatoms. The number of piperazine rings is 1. The van der Waals surface area contributed by atoms with Crippen molar-refractivity contribution >= 4 is 17.2 Å². The van der Waals surface area contributed by atoms with Gasteiger partial charge in [-0.05, 0) is 31.0 Å². The van der Waals surface area contributed by atoms with E-state index in [0.717, 1.165) is 38.6 Å². The molecule has 1 saturated heterocycles. The van der Waals surface area contributed by atoms with Crippen LogP contribution >= 0.6 is 11.3 Å². The van der Waals surface area contributed by atoms with E-state index in [-0.39, 0.29) is 12.7 Å². The fourth-order valence-corrected chi connectivity index (χ4v) is 4.39. The van der Waals surface area contributed by atoms with E-state index in [0.29, 0.717) is 17.1 Å². The molecule has 5 rings (SSSR count). The zero-order chi connectivity index (χ0) is 17.5. The number of hydrogen-bond donors (Lipinski definition) is 0. The van der Waals surface area contributed by atoms with E-state index in [9.17, 15) is 4.79 Å². The molecule has 3 aliphatic rings. The molecule has 2 aromatic rings. The van der Waals surface area contributed by atoms with Gasteiger partial charge in [0, 0.05) is 43.0 Å². The van der Waals surface area contributed by atoms with Gasteiger partial charge in [0.2, 0.25) is 6.79 Å². The van der Waals surface area contributed by atoms with E-state index in [1.54, 1.807) is 17.4 Å². The van der Waals surface area contributed by atoms with Crippen molar-refractivity contribution in [3.63, 3.8) is 0 Å². The molecule has 1 amide bonds. The molecule has 1 aromatic heterocycles. The highest BCUT2D eigenvalue weighted by molar-refractivity contribution is 7.09. The molecule has 0 unspecified atom stereocenters. The Kier molecular flexibility index (Phi) is 4.05. The molecule has 0 radical (unpaired) electrons. The maximum Gasteiger partial charge on any atom is 0.254 e. The zero-order valence-electron chi connectivity index (χ0n) is 14.5. The van der Waals surface area contributed by atoms with Crippen LogP contribution < -0.4 is 9.47 Å². The van der Waals surface area contributed by atoms with Crippen LogP contribution in [0.15, 0.2) is 23.6 Å². The van der Waals surface area contributed by atoms with Gasteiger partial charge in [0.25, 0.3) is 5.91 Å². The number of fused-ring (bicyclic) bond motifs is 1. The third-order valence-corrected chi connectivity index (χ3v) is 6.05. The molecule has 1 saturated carbocycles. The van der Waals surface area contributed by atoms with Crippen molar-refractivity contribution in [2.45, 2.75) is 25.3 Å². The van der Waals surface area contributed by atoms with Crippen LogP contribution in [0.5, 0.6) is 11.5 Å². The first kappa shape index (κ1) is 16.1. The molecule has 1 aromatic carbocycles. The second-order valence-corrected chi connectivity index (χ2v) is 8.02. The number of thiazole rings is 1. The highest BCUT2D eigenvalue weighted by atomic mass is 32.1. The van der Waals surface area contributed by atoms with Gasteiger partial charge in [-0.15, -0.1) is 11.3 Å². The minimum atomic E-state index is 0.0632. The summed E-state index contributed by atoms with van der Waals surface area (Å²) in [5.74, 6) is 2.15. The predicted octanol–water partition coefficient (Wildman–Crippen LogP) is 2.71. The molecule has 6 nitrogen and oxygen atoms in total. The van der Waals surface area contributed by atoms with Crippen LogP contribution in [0.3, 0.4) is 0 Å². The molecule has 136 valence electrons. The lowest BCUT2D eigenvalue weighted by molar-refractivity contribution is 0.0628. The number of carbonyl (C=O) groups is 1. The van der Waals surface area contributed by atoms with Crippen LogP contribution in [0.4, 0.5) is 0 Å². The van der Waals surface area contributed by atoms with Crippen LogP contribution in [0.1, 0.15) is 39.8 Å². The van der Waals surface area contributed by atoms with Crippen LogP contribution in [0, 0.1) is 0 Å². The number of amides is 1. The predicted molar refractivity (Wildman–Crippen MR) is 97.8 cm³/mol. The topological polar surface area (TPSA) is 54.9 Å². The first-order valence-electron chi connectivity index (χ1n) is 9.12. The van der Waals surface area contributed by atoms with Crippen molar-refractivity contribution in [3.05, 3.63) is 39.8 Å². The quantitative estimate of drug-likeness (QED) is 0.827. The molecule has 0 N–H and O–H groups in total. The molecule has 0 bridgehead atoms. The molecular formula is C19H21N3O3S. The van der Waals surface area contributed by atoms with Crippen molar-refractivity contribution < 1.29 is 14.3 Å². The summed E-state index contributed by atoms with van der Waals surface area (Å²) in [5.41, 5.74) is 1.94. The summed E-state index contributed by atoms with van der Waals surface area (Å²) >= 11 is 1.77. The molecule has 2 fully saturated rings. The Morgan fingerprint density at radius 3 is 2.77 bits per heavy atom. The highest BCUT2D eigenvalue weighted by Crippen LogP contribution is 2.40. The first-order chi connectivity index (χ1) is 12.8. The lowest BCUT2D eigenvalue weighted by Gasteiger charge is -2.34. The molecule has 2 aliphatic heterocycles. The number of hydrogen-bond acceptors (Lipinski definition) is 6. The zero-order valence-corrected chi connectivity index (χ0v) is 15.3. The van der Waals surface area contributed by atoms with Gasteiger partial charge < -0.3 is 14.4 Å². The Hall–Kier alpha value is -2.12. The van der Waals surface area contributed by atoms with E-state index >= 15 is 0 Å². The summed E-state index contributed by atoms with van der Waals surface area (Å²) in [6.07, 6.45) is 2.59. The van der Waals surface area contributed by atoms with Gasteiger partial charge in [0.1, 0.15) is 5.01 Å². The fourth-order valence-electron chi connectivity index (χ4n) is 3.48. The van der Waals surface area contributed by atoms with Gasteiger partial charge in [0.05, 0.1) is 12.2 Å². The highest BCUT2D eigenvalue weighted by Gasteiger charge is 2.27. The molecule has 0 spiro atoms. The van der Waals surface area contributed by atoms with Crippen LogP contribution in [-0.2, 0) is 6.54 Å². The molecule has 0 atom stereocenters. The molecule has 3 heterocycles. The van der Waals surface area contributed by atoms with Gasteiger partial charge in [-0.25, -0.2) is 4.98 Å². The molecule has 26 heavy (non-hydrogen) atoms. The van der Waals surface area contributed by atoms with Gasteiger partial charge in [-0.2, -0.15) is 0 Å². The summed E-state index contributed by atoms with van der Waals surface area (Å²) < 4.78 is 10.7. The number of benzene rings is 1. The SMILES string of the molecule is O=C(c1ccc2c(c1)OCO2)N1CCN(Cc2nc(C3CC3)cs2)CC1. The molecular weight excluding hydrogens is 350 g/mol. The normalized spacial score (nSPS) is 19.8. The van der Waals surface area contributed by atoms with Crippen molar-refractivity contribution in [1.82, 2.24) is 14.8 Å². The monoisotopic (exact) mass is 371 g/mol. The van der Waals surface area contributed by atoms with Crippen LogP contribution in [0.25, 0.3) is 0 Å². The Balaban J connectivity index is 1.17. The van der Waals surface area contributed by atoms with Crippen molar-refractivity contribution in [2.75, 3.05) is 33.0 Å². The Morgan fingerprint density at radius 1 is 1.15 bits per heavy atom. The fraction of sp³-hybridized carbons (Fsp3) is 0.474. The van der Waals surface area contributed by atoms with Crippen LogP contribution in [0.2, 0.25) is 0 Å². The van der Waals surface area contributed by atoms with Gasteiger partial charge in [-0.1, -0.05) is 0 Å². The van der Waals surface area contributed by atoms with E-state index in [1.807, 2.05) is 17.0 Å². The summed E-state index contributed by atoms with van der Waals surface area (Å²) in [7, 11) is 0. The Labute approximate surface area is 156 Å². The standard InChI is InChI=1S/C19H21N3O3S/c23-19(14-3-4-16-17(9-14)25-12-24-16)22-7-5-21(6-8-22)10-18-20-15(11-26-18)13-1-2-13/h3-4,9,11,13H,1-2,5-8,10,12H2. The second kappa shape index (κ2) is 6.55. The first-order valence-corrected chi connectivity index (χ1v) is 10.00. The van der Waals surface area contributed by atoms with Crippen molar-refractivity contribution in [3.8, 4) is 11.5 Å². The number of carbonyl (C=O) groups excluding carboxylic acids is 1. The lowest BCUT2D eigenvalue weighted by Crippen LogP contribution is -2.48. The third kappa shape index (κ3) is 3.17. The number of aromatic nitrogens is 1. The van der Waals surface area contributed by atoms with E-state index in [2.05, 4.69) is 10.3 Å². The lowest BCUT2D eigenvalue weighted by atomic mass is 10.1. The van der Waals surface area contributed by atoms with Gasteiger partial charge >= 0.3 is 0 Å². The Morgan fingerprint density at radius 2 is 1.96 bits per heavy atom. The second-order valence-electron chi connectivity index (χ2n) is 7.08. The minimum Gasteiger partial charge on any atom is -0.454 e. The van der Waals surface area contributed by atoms with Gasteiger partial charge in [-0.3, -0.25) is 9.69 Å². The number of ether oxygens (including phenoxy) is 2. The summed E-state index contributed by atoms with van der Waals surface area (Å²) in [6.45, 7) is 4.37. The smallest absolute Gasteiger partial charge is 0.254 e. The van der Waals surface area contributed by atoms with E-state index in [1.165, 1.54) is 23.5 Å². The van der Waals surface area contributed by atoms with Crippen molar-refractivity contribution in [2.24, 2.45) is 0 Å². The van der Waals surface area contributed by atoms with Crippen molar-refractivity contribution in [1.29, 1.82) is 0 Å². The largest absolute Gasteiger partial charge is 0.454 e. The van der Waals surface area contributed by atoms with E-state index < -0.39 is 0 Å². The number of rotatable bonds is 4. The van der Waals surface area contributed by atoms with Crippen LogP contribution in [-0.4, -0.2) is 53.7 Å². The maximum absolute atomic E-state index is 12.8. The summed E-state index contributed by atoms with van der Waals surface area (Å²) in [6, 6.07) is 5.41. The maximum atomic E-state index is 12.8. The van der Waals surface area contributed by atoms with E-state index in [4.69, 9.17) is 14.5 Å². The van der Waals surface area contributed by atoms with Gasteiger partial charge in [0.15, 0.2) is 11.5 Å². The summed E-state index contributed by atoms with van der Waals surface area (Å²) in [5, 5.41) is 3.41. The number of nitrogens with zero attached hydrogens (tertiary/aromatic N) is 3. The minimum absolute atomic E-state index is 0.0632. The summed E-state index contributed by atoms with van der Waals surface area (Å²) in [4.78, 5) is 21.8. The average Bonchev–Trinajstić information content (AvgIpc) is 3.23. The average molecular weight is 371 g/mol.